The zero-order valence-corrected chi connectivity index (χ0v) is 8.11. The van der Waals surface area contributed by atoms with Crippen molar-refractivity contribution >= 4 is 0 Å². The Kier molecular flexibility index (Phi) is 2.07. The molecule has 0 bridgehead atoms. The molecule has 0 amide bonds. The summed E-state index contributed by atoms with van der Waals surface area (Å²) in [6.07, 6.45) is 2.03. The maximum atomic E-state index is 13.4. The van der Waals surface area contributed by atoms with E-state index in [9.17, 15) is 8.78 Å². The number of hydrogen-bond donors (Lipinski definition) is 1. The lowest BCUT2D eigenvalue weighted by atomic mass is 10.0. The number of halogens is 2. The molecule has 3 heteroatoms. The molecule has 0 heterocycles. The van der Waals surface area contributed by atoms with Crippen LogP contribution in [0.4, 0.5) is 8.78 Å². The molecule has 0 aromatic heterocycles. The lowest BCUT2D eigenvalue weighted by Gasteiger charge is -2.10. The predicted octanol–water partition coefficient (Wildman–Crippen LogP) is 2.31. The highest BCUT2D eigenvalue weighted by Gasteiger charge is 2.39. The van der Waals surface area contributed by atoms with Crippen molar-refractivity contribution in [1.82, 2.24) is 0 Å². The van der Waals surface area contributed by atoms with Crippen LogP contribution in [0.3, 0.4) is 0 Å². The lowest BCUT2D eigenvalue weighted by Crippen LogP contribution is -2.25. The van der Waals surface area contributed by atoms with E-state index in [-0.39, 0.29) is 11.1 Å². The van der Waals surface area contributed by atoms with Crippen LogP contribution in [0.5, 0.6) is 0 Å². The summed E-state index contributed by atoms with van der Waals surface area (Å²) < 4.78 is 26.7. The quantitative estimate of drug-likeness (QED) is 0.773. The molecule has 0 radical (unpaired) electrons. The first-order chi connectivity index (χ1) is 6.50. The van der Waals surface area contributed by atoms with E-state index in [0.29, 0.717) is 12.0 Å². The Balaban J connectivity index is 2.32. The molecule has 1 aromatic rings. The number of rotatable bonds is 2. The molecule has 76 valence electrons. The fourth-order valence-electron chi connectivity index (χ4n) is 1.59. The van der Waals surface area contributed by atoms with Crippen molar-refractivity contribution < 1.29 is 8.78 Å². The molecule has 0 aliphatic heterocycles. The average Bonchev–Trinajstić information content (AvgIpc) is 2.77. The van der Waals surface area contributed by atoms with Gasteiger partial charge in [-0.05, 0) is 43.9 Å². The van der Waals surface area contributed by atoms with E-state index in [1.165, 1.54) is 12.1 Å². The van der Waals surface area contributed by atoms with Crippen LogP contribution >= 0.6 is 0 Å². The highest BCUT2D eigenvalue weighted by molar-refractivity contribution is 5.28. The Morgan fingerprint density at radius 2 is 1.79 bits per heavy atom. The van der Waals surface area contributed by atoms with Gasteiger partial charge in [0, 0.05) is 11.1 Å². The monoisotopic (exact) mass is 197 g/mol. The molecule has 0 atom stereocenters. The molecule has 1 saturated carbocycles. The Labute approximate surface area is 81.9 Å². The highest BCUT2D eigenvalue weighted by atomic mass is 19.1. The maximum absolute atomic E-state index is 13.4. The van der Waals surface area contributed by atoms with Gasteiger partial charge in [0.2, 0.25) is 0 Å². The highest BCUT2D eigenvalue weighted by Crippen LogP contribution is 2.36. The third-order valence-corrected chi connectivity index (χ3v) is 2.71. The van der Waals surface area contributed by atoms with Gasteiger partial charge in [0.15, 0.2) is 0 Å². The van der Waals surface area contributed by atoms with E-state index >= 15 is 0 Å². The number of nitrogens with two attached hydrogens (primary N) is 1. The van der Waals surface area contributed by atoms with E-state index in [1.54, 1.807) is 6.92 Å². The van der Waals surface area contributed by atoms with Crippen LogP contribution in [0.15, 0.2) is 12.1 Å². The molecular formula is C11H13F2N. The summed E-state index contributed by atoms with van der Waals surface area (Å²) >= 11 is 0. The Bertz CT molecular complexity index is 347. The smallest absolute Gasteiger partial charge is 0.129 e. The molecule has 1 fully saturated rings. The Hall–Kier alpha value is -0.960. The fraction of sp³-hybridized carbons (Fsp3) is 0.455. The van der Waals surface area contributed by atoms with E-state index < -0.39 is 11.6 Å². The van der Waals surface area contributed by atoms with Gasteiger partial charge in [-0.25, -0.2) is 8.78 Å². The van der Waals surface area contributed by atoms with Gasteiger partial charge < -0.3 is 5.73 Å². The lowest BCUT2D eigenvalue weighted by molar-refractivity contribution is 0.530. The third kappa shape index (κ3) is 1.77. The summed E-state index contributed by atoms with van der Waals surface area (Å²) in [5, 5.41) is 0. The van der Waals surface area contributed by atoms with Crippen molar-refractivity contribution in [2.45, 2.75) is 31.7 Å². The third-order valence-electron chi connectivity index (χ3n) is 2.71. The molecule has 1 nitrogen and oxygen atoms in total. The standard InChI is InChI=1S/C11H13F2N/c1-7-4-9(12)8(10(13)5-7)6-11(14)2-3-11/h4-5H,2-3,6,14H2,1H3. The van der Waals surface area contributed by atoms with Gasteiger partial charge in [-0.15, -0.1) is 0 Å². The largest absolute Gasteiger partial charge is 0.325 e. The van der Waals surface area contributed by atoms with E-state index in [4.69, 9.17) is 5.73 Å². The molecule has 1 aromatic carbocycles. The van der Waals surface area contributed by atoms with Gasteiger partial charge in [-0.3, -0.25) is 0 Å². The maximum Gasteiger partial charge on any atom is 0.129 e. The van der Waals surface area contributed by atoms with Gasteiger partial charge >= 0.3 is 0 Å². The minimum absolute atomic E-state index is 0.135. The van der Waals surface area contributed by atoms with Gasteiger partial charge in [-0.1, -0.05) is 0 Å². The predicted molar refractivity (Wildman–Crippen MR) is 51.0 cm³/mol. The summed E-state index contributed by atoms with van der Waals surface area (Å²) in [6, 6.07) is 2.70. The van der Waals surface area contributed by atoms with Gasteiger partial charge in [0.1, 0.15) is 11.6 Å². The second-order valence-corrected chi connectivity index (χ2v) is 4.25. The van der Waals surface area contributed by atoms with Crippen LogP contribution in [-0.2, 0) is 6.42 Å². The number of hydrogen-bond acceptors (Lipinski definition) is 1. The van der Waals surface area contributed by atoms with Crippen molar-refractivity contribution in [2.24, 2.45) is 5.73 Å². The minimum Gasteiger partial charge on any atom is -0.325 e. The van der Waals surface area contributed by atoms with Crippen molar-refractivity contribution in [3.8, 4) is 0 Å². The molecular weight excluding hydrogens is 184 g/mol. The summed E-state index contributed by atoms with van der Waals surface area (Å²) in [5.41, 5.74) is 6.21. The number of aryl methyl sites for hydroxylation is 1. The first-order valence-corrected chi connectivity index (χ1v) is 4.74. The van der Waals surface area contributed by atoms with Crippen molar-refractivity contribution in [2.75, 3.05) is 0 Å². The summed E-state index contributed by atoms with van der Waals surface area (Å²) in [5.74, 6) is -0.946. The molecule has 0 unspecified atom stereocenters. The van der Waals surface area contributed by atoms with Crippen LogP contribution in [-0.4, -0.2) is 5.54 Å². The molecule has 0 saturated heterocycles. The van der Waals surface area contributed by atoms with Crippen molar-refractivity contribution in [3.63, 3.8) is 0 Å². The zero-order valence-electron chi connectivity index (χ0n) is 8.11. The summed E-state index contributed by atoms with van der Waals surface area (Å²) in [7, 11) is 0. The van der Waals surface area contributed by atoms with Crippen molar-refractivity contribution in [3.05, 3.63) is 34.9 Å². The average molecular weight is 197 g/mol. The fourth-order valence-corrected chi connectivity index (χ4v) is 1.59. The SMILES string of the molecule is Cc1cc(F)c(CC2(N)CC2)c(F)c1. The molecule has 1 aliphatic carbocycles. The topological polar surface area (TPSA) is 26.0 Å². The van der Waals surface area contributed by atoms with Gasteiger partial charge in [0.05, 0.1) is 0 Å². The Morgan fingerprint density at radius 1 is 1.29 bits per heavy atom. The van der Waals surface area contributed by atoms with Crippen LogP contribution in [0, 0.1) is 18.6 Å². The van der Waals surface area contributed by atoms with Crippen LogP contribution in [0.1, 0.15) is 24.0 Å². The van der Waals surface area contributed by atoms with Gasteiger partial charge in [0.25, 0.3) is 0 Å². The first-order valence-electron chi connectivity index (χ1n) is 4.74. The number of benzene rings is 1. The second-order valence-electron chi connectivity index (χ2n) is 4.25. The Morgan fingerprint density at radius 3 is 2.21 bits per heavy atom. The van der Waals surface area contributed by atoms with Crippen LogP contribution in [0.2, 0.25) is 0 Å². The first kappa shape index (κ1) is 9.59. The molecule has 2 N–H and O–H groups in total. The van der Waals surface area contributed by atoms with E-state index in [2.05, 4.69) is 0 Å². The van der Waals surface area contributed by atoms with Crippen molar-refractivity contribution in [1.29, 1.82) is 0 Å². The van der Waals surface area contributed by atoms with E-state index in [0.717, 1.165) is 12.8 Å². The summed E-state index contributed by atoms with van der Waals surface area (Å²) in [6.45, 7) is 1.67. The molecule has 14 heavy (non-hydrogen) atoms. The second kappa shape index (κ2) is 3.02. The summed E-state index contributed by atoms with van der Waals surface area (Å²) in [4.78, 5) is 0. The van der Waals surface area contributed by atoms with E-state index in [1.807, 2.05) is 0 Å². The molecule has 1 aliphatic rings. The molecule has 2 rings (SSSR count). The van der Waals surface area contributed by atoms with Crippen LogP contribution in [0.25, 0.3) is 0 Å². The molecule has 0 spiro atoms. The zero-order chi connectivity index (χ0) is 10.3. The minimum atomic E-state index is -0.473. The normalized spacial score (nSPS) is 18.3. The van der Waals surface area contributed by atoms with Crippen LogP contribution < -0.4 is 5.73 Å². The van der Waals surface area contributed by atoms with Gasteiger partial charge in [-0.2, -0.15) is 0 Å².